The molecular weight excluding hydrogens is 144 g/mol. The van der Waals surface area contributed by atoms with Crippen LogP contribution in [0.2, 0.25) is 0 Å². The summed E-state index contributed by atoms with van der Waals surface area (Å²) in [4.78, 5) is 0. The first-order valence-electron chi connectivity index (χ1n) is 3.62. The fraction of sp³-hybridized carbons (Fsp3) is 0.300. The normalized spacial score (nSPS) is 7.09. The summed E-state index contributed by atoms with van der Waals surface area (Å²) in [7, 11) is 0. The predicted octanol–water partition coefficient (Wildman–Crippen LogP) is 2.73. The largest absolute Gasteiger partial charge is 2.00 e. The Morgan fingerprint density at radius 3 is 1.73 bits per heavy atom. The molecule has 0 fully saturated rings. The van der Waals surface area contributed by atoms with Crippen molar-refractivity contribution in [1.29, 1.82) is 0 Å². The van der Waals surface area contributed by atoms with Gasteiger partial charge >= 0.3 is 23.1 Å². The van der Waals surface area contributed by atoms with Gasteiger partial charge < -0.3 is 6.92 Å². The van der Waals surface area contributed by atoms with Gasteiger partial charge in [-0.2, -0.15) is 42.8 Å². The summed E-state index contributed by atoms with van der Waals surface area (Å²) in [6, 6.07) is 12.5. The molecule has 0 amide bonds. The Morgan fingerprint density at radius 2 is 1.64 bits per heavy atom. The van der Waals surface area contributed by atoms with E-state index in [1.54, 1.807) is 0 Å². The van der Waals surface area contributed by atoms with Crippen LogP contribution >= 0.6 is 0 Å². The van der Waals surface area contributed by atoms with Gasteiger partial charge in [-0.1, -0.05) is 13.3 Å². The van der Waals surface area contributed by atoms with E-state index in [-0.39, 0.29) is 23.1 Å². The predicted molar refractivity (Wildman–Crippen MR) is 51.3 cm³/mol. The molecule has 0 unspecified atom stereocenters. The minimum absolute atomic E-state index is 0. The minimum atomic E-state index is 0. The first-order valence-corrected chi connectivity index (χ1v) is 3.62. The third kappa shape index (κ3) is 13.0. The molecule has 1 rings (SSSR count). The average Bonchev–Trinajstić information content (AvgIpc) is 2.08. The summed E-state index contributed by atoms with van der Waals surface area (Å²) in [6.07, 6.45) is 2.28. The molecule has 0 aliphatic rings. The van der Waals surface area contributed by atoms with Crippen molar-refractivity contribution >= 4 is 23.1 Å². The van der Waals surface area contributed by atoms with E-state index >= 15 is 0 Å². The molecule has 0 aromatic heterocycles. The minimum Gasteiger partial charge on any atom is -0.343 e. The van der Waals surface area contributed by atoms with Crippen molar-refractivity contribution in [3.8, 4) is 0 Å². The average molecular weight is 159 g/mol. The SMILES string of the molecule is [CH2-]CCC.[Mg+2].[c-]1ccccc1. The molecule has 0 radical (unpaired) electrons. The Hall–Kier alpha value is -0.0138. The van der Waals surface area contributed by atoms with Crippen molar-refractivity contribution in [1.82, 2.24) is 0 Å². The molecule has 0 saturated carbocycles. The molecule has 1 aromatic carbocycles. The molecule has 0 aliphatic carbocycles. The smallest absolute Gasteiger partial charge is 0.343 e. The fourth-order valence-corrected chi connectivity index (χ4v) is 0.342. The van der Waals surface area contributed by atoms with Crippen LogP contribution in [-0.4, -0.2) is 23.1 Å². The van der Waals surface area contributed by atoms with E-state index in [1.807, 2.05) is 30.3 Å². The Bertz CT molecular complexity index is 96.8. The van der Waals surface area contributed by atoms with Crippen LogP contribution < -0.4 is 0 Å². The molecule has 0 nitrogen and oxygen atoms in total. The Kier molecular flexibility index (Phi) is 15.6. The molecule has 56 valence electrons. The van der Waals surface area contributed by atoms with E-state index in [4.69, 9.17) is 0 Å². The molecule has 11 heavy (non-hydrogen) atoms. The van der Waals surface area contributed by atoms with Crippen LogP contribution in [0.25, 0.3) is 0 Å². The van der Waals surface area contributed by atoms with Crippen LogP contribution in [-0.2, 0) is 0 Å². The third-order valence-corrected chi connectivity index (χ3v) is 0.961. The Labute approximate surface area is 86.2 Å². The first-order chi connectivity index (χ1) is 4.91. The maximum atomic E-state index is 3.60. The zero-order valence-corrected chi connectivity index (χ0v) is 8.63. The van der Waals surface area contributed by atoms with Crippen molar-refractivity contribution in [2.45, 2.75) is 19.8 Å². The van der Waals surface area contributed by atoms with Gasteiger partial charge in [-0.15, -0.1) is 0 Å². The van der Waals surface area contributed by atoms with Gasteiger partial charge in [0.2, 0.25) is 0 Å². The number of hydrogen-bond donors (Lipinski definition) is 0. The van der Waals surface area contributed by atoms with Gasteiger partial charge in [0.15, 0.2) is 0 Å². The van der Waals surface area contributed by atoms with Gasteiger partial charge in [0.1, 0.15) is 0 Å². The monoisotopic (exact) mass is 158 g/mol. The summed E-state index contributed by atoms with van der Waals surface area (Å²) < 4.78 is 0. The van der Waals surface area contributed by atoms with Crippen LogP contribution in [0.15, 0.2) is 30.3 Å². The van der Waals surface area contributed by atoms with E-state index in [9.17, 15) is 0 Å². The zero-order chi connectivity index (χ0) is 7.66. The van der Waals surface area contributed by atoms with Gasteiger partial charge in [0.05, 0.1) is 0 Å². The van der Waals surface area contributed by atoms with Crippen molar-refractivity contribution in [3.63, 3.8) is 0 Å². The van der Waals surface area contributed by atoms with Crippen LogP contribution in [0.3, 0.4) is 0 Å². The van der Waals surface area contributed by atoms with E-state index in [0.29, 0.717) is 0 Å². The standard InChI is InChI=1S/C6H5.C4H9.Mg/c1-2-4-6-5-3-1;1-3-4-2;/h1-5H;1,3-4H2,2H3;/q2*-1;+2. The van der Waals surface area contributed by atoms with E-state index in [0.717, 1.165) is 6.42 Å². The van der Waals surface area contributed by atoms with Gasteiger partial charge in [-0.25, -0.2) is 0 Å². The topological polar surface area (TPSA) is 0 Å². The fourth-order valence-electron chi connectivity index (χ4n) is 0.342. The van der Waals surface area contributed by atoms with E-state index in [2.05, 4.69) is 19.9 Å². The van der Waals surface area contributed by atoms with Crippen LogP contribution in [0.1, 0.15) is 19.8 Å². The second kappa shape index (κ2) is 12.6. The number of rotatable bonds is 1. The Balaban J connectivity index is 0. The first kappa shape index (κ1) is 13.6. The maximum Gasteiger partial charge on any atom is 2.00 e. The second-order valence-electron chi connectivity index (χ2n) is 1.93. The summed E-state index contributed by atoms with van der Waals surface area (Å²) in [6.45, 7) is 5.72. The Morgan fingerprint density at radius 1 is 1.18 bits per heavy atom. The van der Waals surface area contributed by atoms with Gasteiger partial charge in [0.25, 0.3) is 0 Å². The van der Waals surface area contributed by atoms with Crippen molar-refractivity contribution in [2.24, 2.45) is 0 Å². The quantitative estimate of drug-likeness (QED) is 0.436. The second-order valence-corrected chi connectivity index (χ2v) is 1.93. The van der Waals surface area contributed by atoms with Crippen molar-refractivity contribution < 1.29 is 0 Å². The number of hydrogen-bond acceptors (Lipinski definition) is 0. The maximum absolute atomic E-state index is 3.60. The van der Waals surface area contributed by atoms with Crippen LogP contribution in [0.5, 0.6) is 0 Å². The molecule has 0 N–H and O–H groups in total. The van der Waals surface area contributed by atoms with E-state index < -0.39 is 0 Å². The van der Waals surface area contributed by atoms with E-state index in [1.165, 1.54) is 6.42 Å². The van der Waals surface area contributed by atoms with Gasteiger partial charge in [-0.05, 0) is 0 Å². The molecule has 0 heterocycles. The van der Waals surface area contributed by atoms with Gasteiger partial charge in [-0.3, -0.25) is 0 Å². The zero-order valence-electron chi connectivity index (χ0n) is 7.22. The molecule has 0 atom stereocenters. The van der Waals surface area contributed by atoms with Crippen LogP contribution in [0.4, 0.5) is 0 Å². The summed E-state index contributed by atoms with van der Waals surface area (Å²) >= 11 is 0. The summed E-state index contributed by atoms with van der Waals surface area (Å²) in [5, 5.41) is 0. The third-order valence-electron chi connectivity index (χ3n) is 0.961. The van der Waals surface area contributed by atoms with Crippen molar-refractivity contribution in [2.75, 3.05) is 0 Å². The molecule has 0 spiro atoms. The molecule has 0 aliphatic heterocycles. The molecule has 0 saturated heterocycles. The van der Waals surface area contributed by atoms with Crippen molar-refractivity contribution in [3.05, 3.63) is 43.3 Å². The summed E-state index contributed by atoms with van der Waals surface area (Å²) in [5.41, 5.74) is 0. The molecular formula is C10H14Mg. The number of benzene rings is 1. The van der Waals surface area contributed by atoms with Crippen LogP contribution in [0, 0.1) is 13.0 Å². The molecule has 1 heteroatoms. The van der Waals surface area contributed by atoms with Gasteiger partial charge in [0, 0.05) is 0 Å². The summed E-state index contributed by atoms with van der Waals surface area (Å²) in [5.74, 6) is 0. The molecule has 0 bridgehead atoms. The number of unbranched alkanes of at least 4 members (excludes halogenated alkanes) is 1. The molecule has 1 aromatic rings.